The predicted octanol–water partition coefficient (Wildman–Crippen LogP) is 5.65. The standard InChI is InChI=1S/C38H41N3O5S/c1-5-23-39(27-15-11-8-12-16-27)34(43)31-32-35(44)41(30(25-42)26-13-9-7-10-14-26)33(38(32)22-21-37(31,3)47-38)36(45)40(24-6-2)28-17-19-29(46-4)20-18-28/h5-20,30-33,42H,1-2,21-25H2,3-4H3/t30-,31+,32+,33?,37-,38?/m1/s1. The van der Waals surface area contributed by atoms with Crippen LogP contribution in [0.1, 0.15) is 31.4 Å². The highest BCUT2D eigenvalue weighted by atomic mass is 32.2. The van der Waals surface area contributed by atoms with Crippen LogP contribution in [0.3, 0.4) is 0 Å². The number of carbonyl (C=O) groups is 3. The molecule has 1 spiro atoms. The molecule has 2 unspecified atom stereocenters. The average molecular weight is 652 g/mol. The number of likely N-dealkylation sites (tertiary alicyclic amines) is 1. The van der Waals surface area contributed by atoms with E-state index < -0.39 is 33.4 Å². The van der Waals surface area contributed by atoms with Gasteiger partial charge in [0.2, 0.25) is 11.8 Å². The summed E-state index contributed by atoms with van der Waals surface area (Å²) in [6, 6.07) is 24.3. The summed E-state index contributed by atoms with van der Waals surface area (Å²) >= 11 is 1.61. The predicted molar refractivity (Wildman–Crippen MR) is 186 cm³/mol. The van der Waals surface area contributed by atoms with Crippen molar-refractivity contribution in [3.05, 3.63) is 116 Å². The van der Waals surface area contributed by atoms with E-state index in [9.17, 15) is 9.90 Å². The first-order chi connectivity index (χ1) is 22.7. The molecule has 1 N–H and O–H groups in total. The smallest absolute Gasteiger partial charge is 0.251 e. The second-order valence-corrected chi connectivity index (χ2v) is 14.5. The number of para-hydroxylation sites is 1. The van der Waals surface area contributed by atoms with E-state index in [0.29, 0.717) is 24.3 Å². The zero-order valence-electron chi connectivity index (χ0n) is 26.8. The molecular formula is C38H41N3O5S. The lowest BCUT2D eigenvalue weighted by Gasteiger charge is -2.39. The number of fused-ring (bicyclic) bond motifs is 1. The van der Waals surface area contributed by atoms with Crippen LogP contribution < -0.4 is 14.5 Å². The Labute approximate surface area is 280 Å². The number of anilines is 2. The highest BCUT2D eigenvalue weighted by molar-refractivity contribution is 8.02. The molecule has 47 heavy (non-hydrogen) atoms. The van der Waals surface area contributed by atoms with Crippen LogP contribution in [0.2, 0.25) is 0 Å². The lowest BCUT2D eigenvalue weighted by Crippen LogP contribution is -2.56. The summed E-state index contributed by atoms with van der Waals surface area (Å²) in [7, 11) is 1.59. The lowest BCUT2D eigenvalue weighted by atomic mass is 9.66. The van der Waals surface area contributed by atoms with Gasteiger partial charge in [-0.3, -0.25) is 14.4 Å². The Morgan fingerprint density at radius 3 is 2.09 bits per heavy atom. The van der Waals surface area contributed by atoms with E-state index in [0.717, 1.165) is 11.3 Å². The topological polar surface area (TPSA) is 90.4 Å². The van der Waals surface area contributed by atoms with Crippen molar-refractivity contribution in [2.24, 2.45) is 11.8 Å². The van der Waals surface area contributed by atoms with Crippen LogP contribution in [0.5, 0.6) is 5.75 Å². The molecule has 3 fully saturated rings. The fourth-order valence-corrected chi connectivity index (χ4v) is 10.3. The van der Waals surface area contributed by atoms with Gasteiger partial charge in [-0.25, -0.2) is 0 Å². The molecule has 3 heterocycles. The number of hydrogen-bond acceptors (Lipinski definition) is 6. The number of hydrogen-bond donors (Lipinski definition) is 1. The number of methoxy groups -OCH3 is 1. The SMILES string of the molecule is C=CCN(C(=O)C1N([C@H](CO)c2ccccc2)C(=O)[C@@H]2[C@@H](C(=O)N(CC=C)c3ccccc3)[C@@]3(C)CCC12S3)c1ccc(OC)cc1. The van der Waals surface area contributed by atoms with E-state index in [1.54, 1.807) is 57.9 Å². The minimum absolute atomic E-state index is 0.155. The van der Waals surface area contributed by atoms with Gasteiger partial charge in [0.15, 0.2) is 0 Å². The second-order valence-electron chi connectivity index (χ2n) is 12.6. The molecule has 3 amide bonds. The number of aliphatic hydroxyl groups excluding tert-OH is 1. The van der Waals surface area contributed by atoms with E-state index in [4.69, 9.17) is 4.74 Å². The van der Waals surface area contributed by atoms with Crippen LogP contribution in [0.4, 0.5) is 11.4 Å². The van der Waals surface area contributed by atoms with Crippen molar-refractivity contribution in [3.8, 4) is 5.75 Å². The van der Waals surface area contributed by atoms with Crippen molar-refractivity contribution in [1.82, 2.24) is 4.90 Å². The van der Waals surface area contributed by atoms with Gasteiger partial charge in [-0.05, 0) is 61.7 Å². The summed E-state index contributed by atoms with van der Waals surface area (Å²) in [5, 5.41) is 10.9. The molecule has 3 aliphatic heterocycles. The third-order valence-electron chi connectivity index (χ3n) is 10.0. The first kappa shape index (κ1) is 32.6. The quantitative estimate of drug-likeness (QED) is 0.255. The molecule has 9 heteroatoms. The Hall–Kier alpha value is -4.34. The van der Waals surface area contributed by atoms with E-state index in [-0.39, 0.29) is 37.4 Å². The van der Waals surface area contributed by atoms with Crippen molar-refractivity contribution in [2.75, 3.05) is 36.6 Å². The molecule has 3 aromatic rings. The molecule has 0 aliphatic carbocycles. The largest absolute Gasteiger partial charge is 0.497 e. The van der Waals surface area contributed by atoms with Crippen LogP contribution in [-0.4, -0.2) is 70.1 Å². The summed E-state index contributed by atoms with van der Waals surface area (Å²) in [6.07, 6.45) is 4.62. The first-order valence-electron chi connectivity index (χ1n) is 16.0. The maximum Gasteiger partial charge on any atom is 0.251 e. The molecule has 0 saturated carbocycles. The van der Waals surface area contributed by atoms with Gasteiger partial charge >= 0.3 is 0 Å². The fraction of sp³-hybridized carbons (Fsp3) is 0.342. The normalized spacial score (nSPS) is 26.4. The highest BCUT2D eigenvalue weighted by Crippen LogP contribution is 2.72. The van der Waals surface area contributed by atoms with Crippen LogP contribution in [0, 0.1) is 11.8 Å². The van der Waals surface area contributed by atoms with Gasteiger partial charge in [-0.15, -0.1) is 24.9 Å². The van der Waals surface area contributed by atoms with E-state index in [1.807, 2.05) is 72.8 Å². The Balaban J connectivity index is 1.49. The van der Waals surface area contributed by atoms with Gasteiger partial charge < -0.3 is 24.5 Å². The maximum atomic E-state index is 15.1. The van der Waals surface area contributed by atoms with Gasteiger partial charge in [-0.1, -0.05) is 60.7 Å². The van der Waals surface area contributed by atoms with Crippen LogP contribution >= 0.6 is 11.8 Å². The Morgan fingerprint density at radius 2 is 1.51 bits per heavy atom. The van der Waals surface area contributed by atoms with Crippen molar-refractivity contribution in [1.29, 1.82) is 0 Å². The number of ether oxygens (including phenoxy) is 1. The monoisotopic (exact) mass is 651 g/mol. The molecular weight excluding hydrogens is 611 g/mol. The van der Waals surface area contributed by atoms with E-state index >= 15 is 9.59 Å². The first-order valence-corrected chi connectivity index (χ1v) is 16.8. The number of aliphatic hydroxyl groups is 1. The highest BCUT2D eigenvalue weighted by Gasteiger charge is 2.78. The number of amides is 3. The summed E-state index contributed by atoms with van der Waals surface area (Å²) in [5.41, 5.74) is 2.09. The molecule has 3 aromatic carbocycles. The lowest BCUT2D eigenvalue weighted by molar-refractivity contribution is -0.142. The Morgan fingerprint density at radius 1 is 0.936 bits per heavy atom. The minimum Gasteiger partial charge on any atom is -0.497 e. The molecule has 244 valence electrons. The Kier molecular flexibility index (Phi) is 9.05. The summed E-state index contributed by atoms with van der Waals surface area (Å²) in [4.78, 5) is 49.8. The molecule has 3 saturated heterocycles. The summed E-state index contributed by atoms with van der Waals surface area (Å²) in [6.45, 7) is 10.0. The van der Waals surface area contributed by atoms with Gasteiger partial charge in [0, 0.05) is 29.2 Å². The molecule has 3 aliphatic rings. The molecule has 6 atom stereocenters. The van der Waals surface area contributed by atoms with E-state index in [1.165, 1.54) is 0 Å². The number of nitrogens with zero attached hydrogens (tertiary/aromatic N) is 3. The summed E-state index contributed by atoms with van der Waals surface area (Å²) in [5.74, 6) is -1.49. The second kappa shape index (κ2) is 13.0. The third kappa shape index (κ3) is 5.35. The van der Waals surface area contributed by atoms with Crippen LogP contribution in [-0.2, 0) is 14.4 Å². The molecule has 6 rings (SSSR count). The van der Waals surface area contributed by atoms with Crippen molar-refractivity contribution in [3.63, 3.8) is 0 Å². The number of benzene rings is 3. The zero-order valence-corrected chi connectivity index (χ0v) is 27.6. The van der Waals surface area contributed by atoms with E-state index in [2.05, 4.69) is 20.1 Å². The summed E-state index contributed by atoms with van der Waals surface area (Å²) < 4.78 is 3.91. The van der Waals surface area contributed by atoms with Crippen molar-refractivity contribution < 1.29 is 24.2 Å². The minimum atomic E-state index is -0.936. The fourth-order valence-electron chi connectivity index (χ4n) is 7.97. The van der Waals surface area contributed by atoms with Gasteiger partial charge in [-0.2, -0.15) is 0 Å². The molecule has 0 aromatic heterocycles. The van der Waals surface area contributed by atoms with Crippen LogP contribution in [0.25, 0.3) is 0 Å². The molecule has 2 bridgehead atoms. The third-order valence-corrected chi connectivity index (χ3v) is 12.0. The van der Waals surface area contributed by atoms with Crippen molar-refractivity contribution in [2.45, 2.75) is 41.3 Å². The zero-order chi connectivity index (χ0) is 33.3. The molecule has 8 nitrogen and oxygen atoms in total. The number of thioether (sulfide) groups is 1. The van der Waals surface area contributed by atoms with Gasteiger partial charge in [0.25, 0.3) is 5.91 Å². The van der Waals surface area contributed by atoms with Crippen LogP contribution in [0.15, 0.2) is 110 Å². The van der Waals surface area contributed by atoms with Gasteiger partial charge in [0.05, 0.1) is 36.3 Å². The molecule has 0 radical (unpaired) electrons. The maximum absolute atomic E-state index is 15.1. The Bertz CT molecular complexity index is 1650. The van der Waals surface area contributed by atoms with Crippen molar-refractivity contribution >= 4 is 40.9 Å². The number of carbonyl (C=O) groups excluding carboxylic acids is 3. The van der Waals surface area contributed by atoms with Gasteiger partial charge in [0.1, 0.15) is 11.8 Å². The number of rotatable bonds is 12. The average Bonchev–Trinajstić information content (AvgIpc) is 3.67.